The average molecular weight is 252 g/mol. The molecule has 1 aliphatic heterocycles. The molecule has 19 heavy (non-hydrogen) atoms. The predicted molar refractivity (Wildman–Crippen MR) is 74.6 cm³/mol. The van der Waals surface area contributed by atoms with Crippen molar-refractivity contribution in [1.82, 2.24) is 9.13 Å². The quantitative estimate of drug-likeness (QED) is 0.572. The van der Waals surface area contributed by atoms with Gasteiger partial charge in [-0.2, -0.15) is 0 Å². The first-order valence-electron chi connectivity index (χ1n) is 6.42. The van der Waals surface area contributed by atoms with Gasteiger partial charge in [0.2, 0.25) is 0 Å². The molecule has 0 bridgehead atoms. The molecule has 0 atom stereocenters. The highest BCUT2D eigenvalue weighted by molar-refractivity contribution is 6.03. The maximum atomic E-state index is 12.1. The lowest BCUT2D eigenvalue weighted by Gasteiger charge is -2.11. The SMILES string of the molecule is O=c1ccc2ccc3ccc(=O)n4c3c2n1CCC4. The number of benzene rings is 1. The van der Waals surface area contributed by atoms with Crippen molar-refractivity contribution in [3.63, 3.8) is 0 Å². The standard InChI is InChI=1S/C15H12N2O2/c18-12-6-4-10-2-3-11-5-7-13(19)17-9-1-8-16(12)14(10)15(11)17/h2-7H,1,8-9H2. The van der Waals surface area contributed by atoms with Crippen LogP contribution < -0.4 is 11.1 Å². The van der Waals surface area contributed by atoms with Gasteiger partial charge in [0.05, 0.1) is 11.0 Å². The molecule has 0 saturated heterocycles. The molecule has 0 unspecified atom stereocenters. The maximum Gasteiger partial charge on any atom is 0.251 e. The maximum absolute atomic E-state index is 12.1. The highest BCUT2D eigenvalue weighted by atomic mass is 16.1. The van der Waals surface area contributed by atoms with E-state index < -0.39 is 0 Å². The van der Waals surface area contributed by atoms with E-state index in [1.165, 1.54) is 0 Å². The summed E-state index contributed by atoms with van der Waals surface area (Å²) in [5.74, 6) is 0. The molecular weight excluding hydrogens is 240 g/mol. The van der Waals surface area contributed by atoms with Crippen molar-refractivity contribution in [3.05, 3.63) is 57.1 Å². The van der Waals surface area contributed by atoms with Crippen molar-refractivity contribution in [1.29, 1.82) is 0 Å². The summed E-state index contributed by atoms with van der Waals surface area (Å²) in [5.41, 5.74) is 1.79. The number of rotatable bonds is 0. The van der Waals surface area contributed by atoms with E-state index in [2.05, 4.69) is 0 Å². The zero-order valence-corrected chi connectivity index (χ0v) is 10.3. The van der Waals surface area contributed by atoms with Gasteiger partial charge in [-0.05, 0) is 18.6 Å². The van der Waals surface area contributed by atoms with Crippen LogP contribution in [-0.2, 0) is 13.1 Å². The number of nitrogens with zero attached hydrogens (tertiary/aromatic N) is 2. The minimum Gasteiger partial charge on any atom is -0.306 e. The molecule has 1 aromatic carbocycles. The number of hydrogen-bond acceptors (Lipinski definition) is 2. The van der Waals surface area contributed by atoms with Crippen LogP contribution in [-0.4, -0.2) is 9.13 Å². The van der Waals surface area contributed by atoms with Gasteiger partial charge in [0.15, 0.2) is 0 Å². The van der Waals surface area contributed by atoms with Gasteiger partial charge in [0.1, 0.15) is 0 Å². The normalized spacial score (nSPS) is 14.1. The van der Waals surface area contributed by atoms with Crippen molar-refractivity contribution in [2.45, 2.75) is 19.5 Å². The molecule has 4 heteroatoms. The summed E-state index contributed by atoms with van der Waals surface area (Å²) in [4.78, 5) is 24.1. The molecule has 0 radical (unpaired) electrons. The molecule has 0 N–H and O–H groups in total. The molecule has 4 nitrogen and oxygen atoms in total. The Morgan fingerprint density at radius 2 is 1.11 bits per heavy atom. The molecule has 4 rings (SSSR count). The monoisotopic (exact) mass is 252 g/mol. The molecule has 0 aliphatic carbocycles. The second-order valence-corrected chi connectivity index (χ2v) is 4.94. The minimum atomic E-state index is 0.00440. The highest BCUT2D eigenvalue weighted by Crippen LogP contribution is 2.25. The first-order chi connectivity index (χ1) is 9.25. The summed E-state index contributed by atoms with van der Waals surface area (Å²) in [6, 6.07) is 10.9. The summed E-state index contributed by atoms with van der Waals surface area (Å²) in [6.07, 6.45) is 0.798. The first kappa shape index (κ1) is 10.6. The lowest BCUT2D eigenvalue weighted by molar-refractivity contribution is 0.580. The summed E-state index contributed by atoms with van der Waals surface area (Å²) >= 11 is 0. The molecule has 3 aromatic rings. The van der Waals surface area contributed by atoms with Crippen molar-refractivity contribution in [2.75, 3.05) is 0 Å². The van der Waals surface area contributed by atoms with Gasteiger partial charge in [0, 0.05) is 36.0 Å². The van der Waals surface area contributed by atoms with Gasteiger partial charge in [-0.3, -0.25) is 9.59 Å². The number of aryl methyl sites for hydroxylation is 2. The minimum absolute atomic E-state index is 0.00440. The van der Waals surface area contributed by atoms with Crippen molar-refractivity contribution < 1.29 is 0 Å². The topological polar surface area (TPSA) is 44.0 Å². The third kappa shape index (κ3) is 1.34. The largest absolute Gasteiger partial charge is 0.306 e. The van der Waals surface area contributed by atoms with Gasteiger partial charge in [-0.15, -0.1) is 0 Å². The summed E-state index contributed by atoms with van der Waals surface area (Å²) in [5, 5.41) is 2.02. The van der Waals surface area contributed by atoms with E-state index in [9.17, 15) is 9.59 Å². The lowest BCUT2D eigenvalue weighted by Crippen LogP contribution is -2.19. The van der Waals surface area contributed by atoms with Crippen LogP contribution >= 0.6 is 0 Å². The Morgan fingerprint density at radius 3 is 1.58 bits per heavy atom. The fourth-order valence-corrected chi connectivity index (χ4v) is 3.00. The van der Waals surface area contributed by atoms with Crippen molar-refractivity contribution in [2.24, 2.45) is 0 Å². The van der Waals surface area contributed by atoms with E-state index in [1.54, 1.807) is 21.3 Å². The van der Waals surface area contributed by atoms with Crippen molar-refractivity contribution >= 4 is 21.8 Å². The molecule has 2 aromatic heterocycles. The van der Waals surface area contributed by atoms with E-state index in [0.29, 0.717) is 13.1 Å². The molecule has 0 saturated carbocycles. The van der Waals surface area contributed by atoms with Crippen LogP contribution in [0.4, 0.5) is 0 Å². The number of aromatic nitrogens is 2. The molecule has 94 valence electrons. The summed E-state index contributed by atoms with van der Waals surface area (Å²) < 4.78 is 3.58. The van der Waals surface area contributed by atoms with Gasteiger partial charge in [0.25, 0.3) is 11.1 Å². The van der Waals surface area contributed by atoms with Crippen LogP contribution in [0.2, 0.25) is 0 Å². The van der Waals surface area contributed by atoms with Crippen LogP contribution in [0.25, 0.3) is 21.8 Å². The van der Waals surface area contributed by atoms with Gasteiger partial charge >= 0.3 is 0 Å². The first-order valence-corrected chi connectivity index (χ1v) is 6.42. The van der Waals surface area contributed by atoms with Crippen LogP contribution in [0, 0.1) is 0 Å². The zero-order chi connectivity index (χ0) is 13.0. The Kier molecular flexibility index (Phi) is 1.98. The summed E-state index contributed by atoms with van der Waals surface area (Å²) in [6.45, 7) is 1.33. The lowest BCUT2D eigenvalue weighted by atomic mass is 10.1. The smallest absolute Gasteiger partial charge is 0.251 e. The third-order valence-electron chi connectivity index (χ3n) is 3.86. The number of hydrogen-bond donors (Lipinski definition) is 0. The molecule has 0 amide bonds. The van der Waals surface area contributed by atoms with E-state index in [4.69, 9.17) is 0 Å². The number of pyridine rings is 2. The van der Waals surface area contributed by atoms with Crippen LogP contribution in [0.15, 0.2) is 46.0 Å². The van der Waals surface area contributed by atoms with Crippen LogP contribution in [0.5, 0.6) is 0 Å². The van der Waals surface area contributed by atoms with E-state index >= 15 is 0 Å². The zero-order valence-electron chi connectivity index (χ0n) is 10.3. The highest BCUT2D eigenvalue weighted by Gasteiger charge is 2.14. The Hall–Kier alpha value is -2.36. The molecule has 0 spiro atoms. The molecule has 1 aliphatic rings. The second kappa shape index (κ2) is 3.57. The van der Waals surface area contributed by atoms with E-state index in [1.807, 2.05) is 24.3 Å². The fraction of sp³-hybridized carbons (Fsp3) is 0.200. The van der Waals surface area contributed by atoms with Crippen LogP contribution in [0.1, 0.15) is 6.42 Å². The Morgan fingerprint density at radius 1 is 0.684 bits per heavy atom. The average Bonchev–Trinajstić information content (AvgIpc) is 2.63. The van der Waals surface area contributed by atoms with Gasteiger partial charge in [-0.25, -0.2) is 0 Å². The Labute approximate surface area is 108 Å². The second-order valence-electron chi connectivity index (χ2n) is 4.94. The molecule has 3 heterocycles. The van der Waals surface area contributed by atoms with Crippen LogP contribution in [0.3, 0.4) is 0 Å². The third-order valence-corrected chi connectivity index (χ3v) is 3.86. The molecule has 0 fully saturated rings. The molecular formula is C15H12N2O2. The van der Waals surface area contributed by atoms with E-state index in [0.717, 1.165) is 28.2 Å². The van der Waals surface area contributed by atoms with Gasteiger partial charge < -0.3 is 9.13 Å². The van der Waals surface area contributed by atoms with Crippen molar-refractivity contribution in [3.8, 4) is 0 Å². The van der Waals surface area contributed by atoms with Gasteiger partial charge in [-0.1, -0.05) is 12.1 Å². The van der Waals surface area contributed by atoms with E-state index in [-0.39, 0.29) is 11.1 Å². The Bertz CT molecular complexity index is 858. The Balaban J connectivity index is 2.42. The summed E-state index contributed by atoms with van der Waals surface area (Å²) in [7, 11) is 0. The fourth-order valence-electron chi connectivity index (χ4n) is 3.00. The predicted octanol–water partition coefficient (Wildman–Crippen LogP) is 1.72.